The predicted molar refractivity (Wildman–Crippen MR) is 67.0 cm³/mol. The highest BCUT2D eigenvalue weighted by Gasteiger charge is 2.10. The average Bonchev–Trinajstić information content (AvgIpc) is 2.18. The van der Waals surface area contributed by atoms with Gasteiger partial charge in [-0.25, -0.2) is 0 Å². The number of benzene rings is 1. The first-order chi connectivity index (χ1) is 7.45. The zero-order chi connectivity index (χ0) is 12.3. The second kappa shape index (κ2) is 5.03. The van der Waals surface area contributed by atoms with E-state index >= 15 is 0 Å². The highest BCUT2D eigenvalue weighted by Crippen LogP contribution is 2.34. The highest BCUT2D eigenvalue weighted by atomic mass is 35.5. The van der Waals surface area contributed by atoms with Gasteiger partial charge >= 0.3 is 0 Å². The van der Waals surface area contributed by atoms with E-state index in [1.807, 2.05) is 6.92 Å². The number of amides is 1. The van der Waals surface area contributed by atoms with E-state index in [1.165, 1.54) is 14.0 Å². The zero-order valence-electron chi connectivity index (χ0n) is 9.56. The maximum atomic E-state index is 11.0. The molecule has 0 fully saturated rings. The maximum Gasteiger partial charge on any atom is 0.221 e. The van der Waals surface area contributed by atoms with Crippen molar-refractivity contribution < 1.29 is 9.53 Å². The molecule has 0 bridgehead atoms. The summed E-state index contributed by atoms with van der Waals surface area (Å²) in [6.07, 6.45) is 0. The lowest BCUT2D eigenvalue weighted by atomic mass is 10.1. The van der Waals surface area contributed by atoms with E-state index in [-0.39, 0.29) is 5.91 Å². The summed E-state index contributed by atoms with van der Waals surface area (Å²) in [6, 6.07) is 3.42. The monoisotopic (exact) mass is 239 g/mol. The number of anilines is 1. The van der Waals surface area contributed by atoms with Gasteiger partial charge in [0, 0.05) is 13.0 Å². The number of hydrogen-bond acceptors (Lipinski definition) is 2. The number of rotatable bonds is 3. The van der Waals surface area contributed by atoms with Crippen LogP contribution in [0.15, 0.2) is 18.7 Å². The molecule has 1 N–H and O–H groups in total. The van der Waals surface area contributed by atoms with Crippen molar-refractivity contribution in [2.75, 3.05) is 12.4 Å². The summed E-state index contributed by atoms with van der Waals surface area (Å²) < 4.78 is 5.13. The quantitative estimate of drug-likeness (QED) is 0.879. The van der Waals surface area contributed by atoms with Crippen molar-refractivity contribution in [3.05, 3.63) is 29.3 Å². The molecule has 0 aliphatic rings. The molecule has 1 aromatic carbocycles. The third kappa shape index (κ3) is 2.76. The Morgan fingerprint density at radius 2 is 2.06 bits per heavy atom. The summed E-state index contributed by atoms with van der Waals surface area (Å²) in [7, 11) is 1.53. The lowest BCUT2D eigenvalue weighted by Gasteiger charge is -2.12. The van der Waals surface area contributed by atoms with Crippen molar-refractivity contribution in [1.82, 2.24) is 0 Å². The lowest BCUT2D eigenvalue weighted by molar-refractivity contribution is -0.114. The minimum absolute atomic E-state index is 0.159. The van der Waals surface area contributed by atoms with Gasteiger partial charge in [0.1, 0.15) is 5.75 Å². The van der Waals surface area contributed by atoms with Crippen LogP contribution in [-0.2, 0) is 4.79 Å². The van der Waals surface area contributed by atoms with E-state index in [1.54, 1.807) is 12.1 Å². The Morgan fingerprint density at radius 3 is 2.50 bits per heavy atom. The minimum Gasteiger partial charge on any atom is -0.495 e. The smallest absolute Gasteiger partial charge is 0.221 e. The normalized spacial score (nSPS) is 9.75. The van der Waals surface area contributed by atoms with Gasteiger partial charge in [0.25, 0.3) is 0 Å². The SMILES string of the molecule is C=C(C)c1cc(NC(C)=O)c(OC)cc1Cl. The van der Waals surface area contributed by atoms with Crippen molar-refractivity contribution in [1.29, 1.82) is 0 Å². The fourth-order valence-corrected chi connectivity index (χ4v) is 1.65. The van der Waals surface area contributed by atoms with Crippen LogP contribution in [0.25, 0.3) is 5.57 Å². The second-order valence-corrected chi connectivity index (χ2v) is 3.90. The summed E-state index contributed by atoms with van der Waals surface area (Å²) in [5.41, 5.74) is 2.22. The van der Waals surface area contributed by atoms with E-state index in [0.29, 0.717) is 16.5 Å². The molecule has 0 aliphatic heterocycles. The van der Waals surface area contributed by atoms with Crippen LogP contribution in [0.2, 0.25) is 5.02 Å². The molecule has 0 unspecified atom stereocenters. The van der Waals surface area contributed by atoms with Gasteiger partial charge in [0.15, 0.2) is 0 Å². The van der Waals surface area contributed by atoms with Gasteiger partial charge in [0.05, 0.1) is 17.8 Å². The zero-order valence-corrected chi connectivity index (χ0v) is 10.3. The molecular formula is C12H14ClNO2. The molecule has 0 radical (unpaired) electrons. The number of carbonyl (C=O) groups excluding carboxylic acids is 1. The van der Waals surface area contributed by atoms with Crippen molar-refractivity contribution in [3.63, 3.8) is 0 Å². The first-order valence-corrected chi connectivity index (χ1v) is 5.14. The number of carbonyl (C=O) groups is 1. The van der Waals surface area contributed by atoms with Crippen LogP contribution in [0.5, 0.6) is 5.75 Å². The number of allylic oxidation sites excluding steroid dienone is 1. The Labute approximate surface area is 100 Å². The summed E-state index contributed by atoms with van der Waals surface area (Å²) >= 11 is 6.06. The second-order valence-electron chi connectivity index (χ2n) is 3.49. The summed E-state index contributed by atoms with van der Waals surface area (Å²) in [5.74, 6) is 0.374. The molecule has 4 heteroatoms. The van der Waals surface area contributed by atoms with Crippen LogP contribution in [0.4, 0.5) is 5.69 Å². The van der Waals surface area contributed by atoms with E-state index in [9.17, 15) is 4.79 Å². The molecule has 0 atom stereocenters. The van der Waals surface area contributed by atoms with Gasteiger partial charge in [0.2, 0.25) is 5.91 Å². The number of hydrogen-bond donors (Lipinski definition) is 1. The maximum absolute atomic E-state index is 11.0. The Hall–Kier alpha value is -1.48. The lowest BCUT2D eigenvalue weighted by Crippen LogP contribution is -2.07. The van der Waals surface area contributed by atoms with Crippen molar-refractivity contribution in [3.8, 4) is 5.75 Å². The minimum atomic E-state index is -0.159. The first kappa shape index (κ1) is 12.6. The van der Waals surface area contributed by atoms with Crippen LogP contribution in [0.3, 0.4) is 0 Å². The molecule has 1 rings (SSSR count). The molecule has 0 heterocycles. The van der Waals surface area contributed by atoms with Crippen LogP contribution in [-0.4, -0.2) is 13.0 Å². The molecule has 1 amide bonds. The van der Waals surface area contributed by atoms with E-state index in [0.717, 1.165) is 11.1 Å². The van der Waals surface area contributed by atoms with Crippen molar-refractivity contribution in [2.24, 2.45) is 0 Å². The number of methoxy groups -OCH3 is 1. The molecular weight excluding hydrogens is 226 g/mol. The largest absolute Gasteiger partial charge is 0.495 e. The van der Waals surface area contributed by atoms with Gasteiger partial charge in [-0.3, -0.25) is 4.79 Å². The number of ether oxygens (including phenoxy) is 1. The third-order valence-corrected chi connectivity index (χ3v) is 2.37. The fraction of sp³-hybridized carbons (Fsp3) is 0.250. The molecule has 0 saturated heterocycles. The Balaban J connectivity index is 3.28. The topological polar surface area (TPSA) is 38.3 Å². The molecule has 0 spiro atoms. The Kier molecular flexibility index (Phi) is 3.96. The molecule has 1 aromatic rings. The average molecular weight is 240 g/mol. The van der Waals surface area contributed by atoms with Gasteiger partial charge < -0.3 is 10.1 Å². The molecule has 3 nitrogen and oxygen atoms in total. The van der Waals surface area contributed by atoms with Gasteiger partial charge in [-0.15, -0.1) is 0 Å². The number of nitrogens with one attached hydrogen (secondary N) is 1. The number of halogens is 1. The van der Waals surface area contributed by atoms with Crippen LogP contribution < -0.4 is 10.1 Å². The molecule has 0 saturated carbocycles. The first-order valence-electron chi connectivity index (χ1n) is 4.76. The van der Waals surface area contributed by atoms with E-state index in [2.05, 4.69) is 11.9 Å². The molecule has 0 aliphatic carbocycles. The van der Waals surface area contributed by atoms with E-state index in [4.69, 9.17) is 16.3 Å². The van der Waals surface area contributed by atoms with E-state index < -0.39 is 0 Å². The Bertz CT molecular complexity index is 441. The van der Waals surface area contributed by atoms with Crippen LogP contribution in [0, 0.1) is 0 Å². The van der Waals surface area contributed by atoms with Crippen LogP contribution >= 0.6 is 11.6 Å². The van der Waals surface area contributed by atoms with Crippen LogP contribution in [0.1, 0.15) is 19.4 Å². The summed E-state index contributed by atoms with van der Waals surface area (Å²) in [4.78, 5) is 11.0. The molecule has 0 aromatic heterocycles. The highest BCUT2D eigenvalue weighted by molar-refractivity contribution is 6.32. The summed E-state index contributed by atoms with van der Waals surface area (Å²) in [6.45, 7) is 7.12. The fourth-order valence-electron chi connectivity index (χ4n) is 1.34. The van der Waals surface area contributed by atoms with Gasteiger partial charge in [-0.05, 0) is 24.1 Å². The molecule has 16 heavy (non-hydrogen) atoms. The summed E-state index contributed by atoms with van der Waals surface area (Å²) in [5, 5.41) is 3.24. The van der Waals surface area contributed by atoms with Crippen molar-refractivity contribution in [2.45, 2.75) is 13.8 Å². The standard InChI is InChI=1S/C12H14ClNO2/c1-7(2)9-5-11(14-8(3)15)12(16-4)6-10(9)13/h5-6H,1H2,2-4H3,(H,14,15). The van der Waals surface area contributed by atoms with Gasteiger partial charge in [-0.2, -0.15) is 0 Å². The predicted octanol–water partition coefficient (Wildman–Crippen LogP) is 3.34. The molecule has 86 valence electrons. The third-order valence-electron chi connectivity index (χ3n) is 2.06. The van der Waals surface area contributed by atoms with Gasteiger partial charge in [-0.1, -0.05) is 18.2 Å². The van der Waals surface area contributed by atoms with Crippen molar-refractivity contribution >= 4 is 28.8 Å². The Morgan fingerprint density at radius 1 is 1.44 bits per heavy atom.